The number of rotatable bonds is 12. The van der Waals surface area contributed by atoms with Crippen LogP contribution in [-0.2, 0) is 52.2 Å². The Hall–Kier alpha value is -1.92. The number of carboxylic acids is 1. The average Bonchev–Trinajstić information content (AvgIpc) is 3.76. The van der Waals surface area contributed by atoms with Gasteiger partial charge >= 0.3 is 11.9 Å². The molecule has 0 aromatic heterocycles. The molecular weight excluding hydrogens is 917 g/mol. The number of hydrogen-bond donors (Lipinski definition) is 8. The van der Waals surface area contributed by atoms with Gasteiger partial charge in [0.1, 0.15) is 54.9 Å². The van der Waals surface area contributed by atoms with Crippen LogP contribution in [0.15, 0.2) is 11.6 Å². The Kier molecular flexibility index (Phi) is 15.4. The molecule has 19 heteroatoms. The minimum Gasteiger partial charge on any atom is -0.481 e. The van der Waals surface area contributed by atoms with Crippen molar-refractivity contribution >= 4 is 11.9 Å². The smallest absolute Gasteiger partial charge is 0.306 e. The molecule has 19 nitrogen and oxygen atoms in total. The largest absolute Gasteiger partial charge is 0.481 e. The molecule has 0 radical (unpaired) electrons. The molecule has 5 heterocycles. The third-order valence-electron chi connectivity index (χ3n) is 18.9. The first-order chi connectivity index (χ1) is 33.1. The molecule has 70 heavy (non-hydrogen) atoms. The number of aliphatic hydroxyl groups excluding tert-OH is 7. The number of hydrogen-bond acceptors (Lipinski definition) is 18. The van der Waals surface area contributed by atoms with E-state index in [2.05, 4.69) is 33.8 Å². The summed E-state index contributed by atoms with van der Waals surface area (Å²) in [6.45, 7) is 14.3. The van der Waals surface area contributed by atoms with Crippen molar-refractivity contribution < 1.29 is 93.1 Å². The molecule has 9 rings (SSSR count). The molecular formula is C51H80O19. The quantitative estimate of drug-likeness (QED) is 0.103. The van der Waals surface area contributed by atoms with Gasteiger partial charge in [-0.3, -0.25) is 9.59 Å². The summed E-state index contributed by atoms with van der Waals surface area (Å²) in [6.07, 6.45) is -11.8. The lowest BCUT2D eigenvalue weighted by Crippen LogP contribution is -2.66. The molecule has 0 aromatic carbocycles. The molecule has 4 aliphatic carbocycles. The van der Waals surface area contributed by atoms with Crippen LogP contribution < -0.4 is 0 Å². The van der Waals surface area contributed by atoms with Crippen LogP contribution in [0.25, 0.3) is 0 Å². The Morgan fingerprint density at radius 2 is 1.41 bits per heavy atom. The van der Waals surface area contributed by atoms with Gasteiger partial charge in [-0.1, -0.05) is 46.3 Å². The van der Waals surface area contributed by atoms with Crippen molar-refractivity contribution in [2.45, 2.75) is 229 Å². The Morgan fingerprint density at radius 3 is 2.07 bits per heavy atom. The first-order valence-corrected chi connectivity index (χ1v) is 26.1. The summed E-state index contributed by atoms with van der Waals surface area (Å²) >= 11 is 0. The van der Waals surface area contributed by atoms with E-state index in [0.717, 1.165) is 51.6 Å². The van der Waals surface area contributed by atoms with E-state index in [-0.39, 0.29) is 35.9 Å². The van der Waals surface area contributed by atoms with Gasteiger partial charge in [0.2, 0.25) is 0 Å². The SMILES string of the molecule is C[C@@H]1CC[C@]2(OC1)O[C@@H]1C[C@@H]3[C@H]4CC=C5C[C@@H](O[C@H]6O[C@@H](CO)[C@H](O)[C@@H](O)[C@@H]6O[C@H]6O[C@@H](C)[C@H](O[C@H]7O[C@@H](C)[C@H](OC(=O)C[C@H](C)CC(=O)O)[C@@H](O)[C@@H]7O)[C@@H](O)[C@@H]6O)CC[C@]5(C)[C@@H]4CC[C@@]3(C)[C@@H]1[C@H]2C. The number of aliphatic hydroxyl groups is 7. The van der Waals surface area contributed by atoms with Gasteiger partial charge in [-0.15, -0.1) is 0 Å². The van der Waals surface area contributed by atoms with Crippen molar-refractivity contribution in [2.75, 3.05) is 13.2 Å². The van der Waals surface area contributed by atoms with Crippen LogP contribution in [0, 0.1) is 52.3 Å². The Morgan fingerprint density at radius 1 is 0.757 bits per heavy atom. The highest BCUT2D eigenvalue weighted by Crippen LogP contribution is 2.70. The topological polar surface area (TPSA) is 279 Å². The number of aliphatic carboxylic acids is 1. The van der Waals surface area contributed by atoms with Crippen LogP contribution in [-0.4, -0.2) is 176 Å². The summed E-state index contributed by atoms with van der Waals surface area (Å²) in [5.41, 5.74) is 1.51. The number of allylic oxidation sites excluding steroid dienone is 1. The van der Waals surface area contributed by atoms with Gasteiger partial charge in [0.15, 0.2) is 30.8 Å². The summed E-state index contributed by atoms with van der Waals surface area (Å²) in [7, 11) is 0. The van der Waals surface area contributed by atoms with E-state index in [1.54, 1.807) is 6.92 Å². The van der Waals surface area contributed by atoms with E-state index >= 15 is 0 Å². The van der Waals surface area contributed by atoms with Gasteiger partial charge in [-0.2, -0.15) is 0 Å². The Balaban J connectivity index is 0.824. The maximum absolute atomic E-state index is 12.5. The standard InChI is InChI=1S/C51H80O19/c1-22-10-15-51(62-21-22)24(3)36-32(70-51)19-31-29-9-8-27-18-28(11-13-49(27,6)30(29)12-14-50(31,36)7)65-48-45(38(57)37(56)33(20-52)66-48)69-47-42(61)40(59)44(26(5)64-47)68-46-41(60)39(58)43(25(4)63-46)67-35(55)17-23(2)16-34(53)54/h8,22-26,28-33,36-48,52,56-61H,9-21H2,1-7H3,(H,53,54)/t22-,23-,24-,25+,26+,28+,29+,30-,31-,32-,33+,36-,37+,38-,39+,40+,41+,42+,43+,44+,45+,46-,47-,48+,49+,50-,51+/m1/s1. The maximum atomic E-state index is 12.5. The molecule has 0 amide bonds. The van der Waals surface area contributed by atoms with Crippen molar-refractivity contribution in [3.05, 3.63) is 11.6 Å². The lowest BCUT2D eigenvalue weighted by Gasteiger charge is -2.58. The minimum atomic E-state index is -1.82. The zero-order valence-electron chi connectivity index (χ0n) is 41.7. The molecule has 398 valence electrons. The van der Waals surface area contributed by atoms with E-state index in [4.69, 9.17) is 47.7 Å². The Bertz CT molecular complexity index is 1890. The zero-order valence-corrected chi connectivity index (χ0v) is 41.7. The molecule has 0 unspecified atom stereocenters. The molecule has 0 aromatic rings. The van der Waals surface area contributed by atoms with E-state index in [1.807, 2.05) is 0 Å². The van der Waals surface area contributed by atoms with Gasteiger partial charge in [0.05, 0.1) is 37.6 Å². The summed E-state index contributed by atoms with van der Waals surface area (Å²) in [6, 6.07) is 0. The first-order valence-electron chi connectivity index (χ1n) is 26.1. The van der Waals surface area contributed by atoms with Crippen molar-refractivity contribution in [1.82, 2.24) is 0 Å². The second kappa shape index (κ2) is 20.3. The van der Waals surface area contributed by atoms with Crippen molar-refractivity contribution in [2.24, 2.45) is 52.3 Å². The Labute approximate surface area is 410 Å². The van der Waals surface area contributed by atoms with Gasteiger partial charge in [0, 0.05) is 25.2 Å². The fourth-order valence-electron chi connectivity index (χ4n) is 15.0. The molecule has 8 N–H and O–H groups in total. The van der Waals surface area contributed by atoms with Crippen LogP contribution >= 0.6 is 0 Å². The minimum absolute atomic E-state index is 0.0254. The first kappa shape index (κ1) is 52.9. The summed E-state index contributed by atoms with van der Waals surface area (Å²) in [5, 5.41) is 86.5. The van der Waals surface area contributed by atoms with Crippen molar-refractivity contribution in [3.8, 4) is 0 Å². The number of carbonyl (C=O) groups excluding carboxylic acids is 1. The predicted octanol–water partition coefficient (Wildman–Crippen LogP) is 2.29. The molecule has 5 aliphatic heterocycles. The third-order valence-corrected chi connectivity index (χ3v) is 18.9. The fraction of sp³-hybridized carbons (Fsp3) is 0.922. The number of ether oxygens (including phenoxy) is 9. The van der Waals surface area contributed by atoms with Crippen LogP contribution in [0.1, 0.15) is 119 Å². The highest BCUT2D eigenvalue weighted by Gasteiger charge is 2.69. The van der Waals surface area contributed by atoms with Crippen LogP contribution in [0.2, 0.25) is 0 Å². The maximum Gasteiger partial charge on any atom is 0.306 e. The number of fused-ring (bicyclic) bond motifs is 7. The van der Waals surface area contributed by atoms with Gasteiger partial charge in [-0.25, -0.2) is 0 Å². The molecule has 0 bridgehead atoms. The molecule has 9 aliphatic rings. The van der Waals surface area contributed by atoms with Gasteiger partial charge < -0.3 is 83.5 Å². The molecule has 8 fully saturated rings. The van der Waals surface area contributed by atoms with E-state index < -0.39 is 122 Å². The predicted molar refractivity (Wildman–Crippen MR) is 243 cm³/mol. The second-order valence-corrected chi connectivity index (χ2v) is 23.4. The van der Waals surface area contributed by atoms with Crippen LogP contribution in [0.3, 0.4) is 0 Å². The third kappa shape index (κ3) is 9.45. The van der Waals surface area contributed by atoms with E-state index in [9.17, 15) is 45.3 Å². The van der Waals surface area contributed by atoms with Crippen molar-refractivity contribution in [3.63, 3.8) is 0 Å². The van der Waals surface area contributed by atoms with Gasteiger partial charge in [-0.05, 0) is 112 Å². The van der Waals surface area contributed by atoms with Crippen LogP contribution in [0.4, 0.5) is 0 Å². The monoisotopic (exact) mass is 997 g/mol. The number of esters is 1. The average molecular weight is 997 g/mol. The molecule has 1 spiro atoms. The zero-order chi connectivity index (χ0) is 50.4. The number of carboxylic acid groups (broad SMARTS) is 1. The highest BCUT2D eigenvalue weighted by molar-refractivity contribution is 5.72. The lowest BCUT2D eigenvalue weighted by molar-refractivity contribution is -0.383. The summed E-state index contributed by atoms with van der Waals surface area (Å²) in [5.74, 6) is 0.163. The number of carbonyl (C=O) groups is 2. The highest BCUT2D eigenvalue weighted by atomic mass is 16.8. The molecule has 27 atom stereocenters. The lowest BCUT2D eigenvalue weighted by atomic mass is 9.47. The summed E-state index contributed by atoms with van der Waals surface area (Å²) < 4.78 is 55.5. The van der Waals surface area contributed by atoms with Crippen molar-refractivity contribution in [1.29, 1.82) is 0 Å². The fourth-order valence-corrected chi connectivity index (χ4v) is 15.0. The summed E-state index contributed by atoms with van der Waals surface area (Å²) in [4.78, 5) is 23.6. The normalized spacial score (nSPS) is 52.7. The molecule has 5 saturated heterocycles. The second-order valence-electron chi connectivity index (χ2n) is 23.4. The van der Waals surface area contributed by atoms with E-state index in [0.29, 0.717) is 48.3 Å². The van der Waals surface area contributed by atoms with E-state index in [1.165, 1.54) is 19.4 Å². The van der Waals surface area contributed by atoms with Crippen LogP contribution in [0.5, 0.6) is 0 Å². The molecule has 3 saturated carbocycles. The van der Waals surface area contributed by atoms with Gasteiger partial charge in [0.25, 0.3) is 0 Å².